The van der Waals surface area contributed by atoms with Gasteiger partial charge in [-0.1, -0.05) is 17.8 Å². The summed E-state index contributed by atoms with van der Waals surface area (Å²) in [6, 6.07) is 9.16. The van der Waals surface area contributed by atoms with Crippen LogP contribution in [0.2, 0.25) is 0 Å². The highest BCUT2D eigenvalue weighted by molar-refractivity contribution is 8.00. The highest BCUT2D eigenvalue weighted by atomic mass is 32.2. The number of rotatable bonds is 6. The number of carbonyl (C=O) groups excluding carboxylic acids is 1. The molecule has 3 aromatic rings. The molecule has 9 heteroatoms. The van der Waals surface area contributed by atoms with Gasteiger partial charge >= 0.3 is 5.69 Å². The van der Waals surface area contributed by atoms with Crippen LogP contribution < -0.4 is 20.5 Å². The van der Waals surface area contributed by atoms with E-state index in [-0.39, 0.29) is 17.3 Å². The van der Waals surface area contributed by atoms with Gasteiger partial charge in [0.1, 0.15) is 18.2 Å². The van der Waals surface area contributed by atoms with Crippen molar-refractivity contribution < 1.29 is 14.3 Å². The van der Waals surface area contributed by atoms with Crippen LogP contribution in [-0.4, -0.2) is 39.4 Å². The smallest absolute Gasteiger partial charge is 0.349 e. The van der Waals surface area contributed by atoms with Gasteiger partial charge in [0.15, 0.2) is 11.5 Å². The van der Waals surface area contributed by atoms with Crippen LogP contribution in [0.1, 0.15) is 29.7 Å². The summed E-state index contributed by atoms with van der Waals surface area (Å²) in [6.07, 6.45) is 7.28. The van der Waals surface area contributed by atoms with Crippen molar-refractivity contribution in [2.75, 3.05) is 24.3 Å². The molecule has 0 saturated heterocycles. The van der Waals surface area contributed by atoms with Crippen LogP contribution in [0.5, 0.6) is 11.5 Å². The molecular weight excluding hydrogens is 440 g/mol. The Kier molecular flexibility index (Phi) is 6.30. The predicted molar refractivity (Wildman–Crippen MR) is 125 cm³/mol. The van der Waals surface area contributed by atoms with Gasteiger partial charge in [-0.15, -0.1) is 0 Å². The molecule has 0 unspecified atom stereocenters. The number of hydrogen-bond acceptors (Lipinski definition) is 7. The second kappa shape index (κ2) is 9.66. The largest absolute Gasteiger partial charge is 0.486 e. The normalized spacial score (nSPS) is 14.4. The third-order valence-corrected chi connectivity index (χ3v) is 6.70. The van der Waals surface area contributed by atoms with E-state index in [4.69, 9.17) is 9.47 Å². The standard InChI is InChI=1S/C24H24N4O4S/c29-22(26-17-7-8-20-21(12-17)32-11-10-31-20)15-33-23-18-5-1-2-6-19(18)28(24(30)27-23)14-16-4-3-9-25-13-16/h3-4,7-9,12-13H,1-2,5-6,10-11,14-15H2,(H,26,29). The van der Waals surface area contributed by atoms with Crippen LogP contribution in [-0.2, 0) is 24.2 Å². The molecule has 0 bridgehead atoms. The summed E-state index contributed by atoms with van der Waals surface area (Å²) in [5.74, 6) is 1.30. The maximum atomic E-state index is 12.9. The molecule has 3 heterocycles. The van der Waals surface area contributed by atoms with Crippen molar-refractivity contribution in [3.05, 3.63) is 70.0 Å². The van der Waals surface area contributed by atoms with Crippen LogP contribution in [0.3, 0.4) is 0 Å². The molecule has 33 heavy (non-hydrogen) atoms. The lowest BCUT2D eigenvalue weighted by atomic mass is 9.97. The topological polar surface area (TPSA) is 95.3 Å². The molecule has 170 valence electrons. The first kappa shape index (κ1) is 21.5. The number of fused-ring (bicyclic) bond motifs is 2. The van der Waals surface area contributed by atoms with E-state index in [1.807, 2.05) is 12.1 Å². The molecule has 1 aliphatic carbocycles. The van der Waals surface area contributed by atoms with E-state index in [1.165, 1.54) is 11.8 Å². The van der Waals surface area contributed by atoms with E-state index >= 15 is 0 Å². The maximum Gasteiger partial charge on any atom is 0.349 e. The predicted octanol–water partition coefficient (Wildman–Crippen LogP) is 3.07. The van der Waals surface area contributed by atoms with Crippen molar-refractivity contribution in [3.8, 4) is 11.5 Å². The van der Waals surface area contributed by atoms with Gasteiger partial charge in [0, 0.05) is 35.4 Å². The van der Waals surface area contributed by atoms with Gasteiger partial charge in [-0.3, -0.25) is 14.3 Å². The molecule has 1 N–H and O–H groups in total. The Morgan fingerprint density at radius 3 is 2.82 bits per heavy atom. The van der Waals surface area contributed by atoms with E-state index in [9.17, 15) is 9.59 Å². The van der Waals surface area contributed by atoms with Crippen molar-refractivity contribution in [1.29, 1.82) is 0 Å². The monoisotopic (exact) mass is 464 g/mol. The Bertz CT molecular complexity index is 1230. The number of carbonyl (C=O) groups is 1. The number of pyridine rings is 1. The van der Waals surface area contributed by atoms with E-state index < -0.39 is 0 Å². The second-order valence-electron chi connectivity index (χ2n) is 7.97. The quantitative estimate of drug-likeness (QED) is 0.442. The first-order valence-electron chi connectivity index (χ1n) is 11.0. The van der Waals surface area contributed by atoms with Gasteiger partial charge in [-0.2, -0.15) is 4.98 Å². The number of anilines is 1. The SMILES string of the molecule is O=C(CSc1nc(=O)n(Cc2cccnc2)c2c1CCCC2)Nc1ccc2c(c1)OCCO2. The lowest BCUT2D eigenvalue weighted by Gasteiger charge is -2.22. The zero-order valence-electron chi connectivity index (χ0n) is 18.1. The summed E-state index contributed by atoms with van der Waals surface area (Å²) in [7, 11) is 0. The van der Waals surface area contributed by atoms with E-state index in [2.05, 4.69) is 15.3 Å². The van der Waals surface area contributed by atoms with E-state index in [0.29, 0.717) is 42.0 Å². The van der Waals surface area contributed by atoms with E-state index in [1.54, 1.807) is 35.2 Å². The number of nitrogens with zero attached hydrogens (tertiary/aromatic N) is 3. The fourth-order valence-electron chi connectivity index (χ4n) is 4.16. The number of nitrogens with one attached hydrogen (secondary N) is 1. The molecule has 8 nitrogen and oxygen atoms in total. The van der Waals surface area contributed by atoms with Crippen LogP contribution >= 0.6 is 11.8 Å². The average Bonchev–Trinajstić information content (AvgIpc) is 2.85. The van der Waals surface area contributed by atoms with Crippen molar-refractivity contribution in [2.45, 2.75) is 37.3 Å². The summed E-state index contributed by atoms with van der Waals surface area (Å²) in [5.41, 5.74) is 3.44. The molecule has 5 rings (SSSR count). The average molecular weight is 465 g/mol. The minimum absolute atomic E-state index is 0.164. The van der Waals surface area contributed by atoms with Crippen molar-refractivity contribution >= 4 is 23.4 Å². The molecule has 0 atom stereocenters. The number of amides is 1. The number of ether oxygens (including phenoxy) is 2. The van der Waals surface area contributed by atoms with Crippen molar-refractivity contribution in [2.24, 2.45) is 0 Å². The number of benzene rings is 1. The molecule has 1 aromatic carbocycles. The Hall–Kier alpha value is -3.33. The molecule has 0 fully saturated rings. The molecule has 0 saturated carbocycles. The van der Waals surface area contributed by atoms with Gasteiger partial charge in [-0.25, -0.2) is 4.79 Å². The van der Waals surface area contributed by atoms with Crippen molar-refractivity contribution in [3.63, 3.8) is 0 Å². The lowest BCUT2D eigenvalue weighted by Crippen LogP contribution is -2.30. The molecule has 2 aliphatic rings. The van der Waals surface area contributed by atoms with Gasteiger partial charge < -0.3 is 14.8 Å². The lowest BCUT2D eigenvalue weighted by molar-refractivity contribution is -0.113. The third-order valence-electron chi connectivity index (χ3n) is 5.68. The molecule has 2 aromatic heterocycles. The summed E-state index contributed by atoms with van der Waals surface area (Å²) in [6.45, 7) is 1.47. The summed E-state index contributed by atoms with van der Waals surface area (Å²) >= 11 is 1.32. The van der Waals surface area contributed by atoms with Crippen LogP contribution in [0, 0.1) is 0 Å². The minimum atomic E-state index is -0.283. The Labute approximate surface area is 195 Å². The van der Waals surface area contributed by atoms with Gasteiger partial charge in [-0.05, 0) is 49.4 Å². The minimum Gasteiger partial charge on any atom is -0.486 e. The summed E-state index contributed by atoms with van der Waals surface area (Å²) in [4.78, 5) is 34.0. The van der Waals surface area contributed by atoms with Gasteiger partial charge in [0.2, 0.25) is 5.91 Å². The number of thioether (sulfide) groups is 1. The highest BCUT2D eigenvalue weighted by Gasteiger charge is 2.21. The van der Waals surface area contributed by atoms with Crippen LogP contribution in [0.15, 0.2) is 52.5 Å². The second-order valence-corrected chi connectivity index (χ2v) is 8.94. The zero-order chi connectivity index (χ0) is 22.6. The number of aromatic nitrogens is 3. The Balaban J connectivity index is 1.31. The molecule has 0 radical (unpaired) electrons. The molecule has 0 spiro atoms. The summed E-state index contributed by atoms with van der Waals surface area (Å²) < 4.78 is 12.8. The van der Waals surface area contributed by atoms with Crippen LogP contribution in [0.25, 0.3) is 0 Å². The molecule has 1 aliphatic heterocycles. The maximum absolute atomic E-state index is 12.9. The van der Waals surface area contributed by atoms with Crippen molar-refractivity contribution in [1.82, 2.24) is 14.5 Å². The summed E-state index contributed by atoms with van der Waals surface area (Å²) in [5, 5.41) is 3.55. The fourth-order valence-corrected chi connectivity index (χ4v) is 5.03. The Morgan fingerprint density at radius 1 is 1.12 bits per heavy atom. The van der Waals surface area contributed by atoms with Gasteiger partial charge in [0.05, 0.1) is 12.3 Å². The highest BCUT2D eigenvalue weighted by Crippen LogP contribution is 2.33. The first-order chi connectivity index (χ1) is 16.2. The fraction of sp³-hybridized carbons (Fsp3) is 0.333. The van der Waals surface area contributed by atoms with Crippen LogP contribution in [0.4, 0.5) is 5.69 Å². The third kappa shape index (κ3) is 4.88. The first-order valence-corrected chi connectivity index (χ1v) is 12.0. The van der Waals surface area contributed by atoms with Gasteiger partial charge in [0.25, 0.3) is 0 Å². The number of hydrogen-bond donors (Lipinski definition) is 1. The molecule has 1 amide bonds. The Morgan fingerprint density at radius 2 is 1.97 bits per heavy atom. The molecular formula is C24H24N4O4S. The zero-order valence-corrected chi connectivity index (χ0v) is 18.9. The van der Waals surface area contributed by atoms with E-state index in [0.717, 1.165) is 42.5 Å².